The zero-order valence-electron chi connectivity index (χ0n) is 15.1. The van der Waals surface area contributed by atoms with Crippen molar-refractivity contribution < 1.29 is 19.4 Å². The molecule has 3 amide bonds. The number of carbonyl (C=O) groups is 2. The summed E-state index contributed by atoms with van der Waals surface area (Å²) in [7, 11) is 1.58. The number of β-amino-alcohol motifs (C(OH)–C–C–N with tert-alkyl or cyclic N) is 1. The highest BCUT2D eigenvalue weighted by Crippen LogP contribution is 2.26. The average molecular weight is 447 g/mol. The molecule has 2 heterocycles. The average Bonchev–Trinajstić information content (AvgIpc) is 3.01. The molecule has 0 radical (unpaired) electrons. The van der Waals surface area contributed by atoms with E-state index in [0.717, 1.165) is 10.8 Å². The number of hydrogen-bond donors (Lipinski definition) is 2. The number of nitrogens with zero attached hydrogens (tertiary/aromatic N) is 3. The number of nitrogens with one attached hydrogen (secondary N) is 1. The van der Waals surface area contributed by atoms with Crippen molar-refractivity contribution in [3.63, 3.8) is 0 Å². The standard InChI is InChI=1S/C19H19BrN4O4/c1-23-16-15(17(26)22-19(23)27)24(18(20)21-16)9-13(25)10-28-14-7-6-11-4-2-3-5-12(11)8-14/h2-8,13,15-16,25H,9-10H2,1H3,(H,22,26,27). The lowest BCUT2D eigenvalue weighted by atomic mass is 10.1. The number of halogens is 1. The maximum absolute atomic E-state index is 12.3. The summed E-state index contributed by atoms with van der Waals surface area (Å²) >= 11 is 3.33. The van der Waals surface area contributed by atoms with Crippen LogP contribution >= 0.6 is 15.9 Å². The first-order chi connectivity index (χ1) is 13.4. The second-order valence-electron chi connectivity index (χ2n) is 6.79. The normalized spacial score (nSPS) is 22.8. The summed E-state index contributed by atoms with van der Waals surface area (Å²) in [5.74, 6) is 0.222. The predicted molar refractivity (Wildman–Crippen MR) is 107 cm³/mol. The fourth-order valence-corrected chi connectivity index (χ4v) is 3.99. The Kier molecular flexibility index (Phi) is 4.94. The Hall–Kier alpha value is -2.65. The number of rotatable bonds is 5. The highest BCUT2D eigenvalue weighted by molar-refractivity contribution is 9.18. The molecule has 8 nitrogen and oxygen atoms in total. The Morgan fingerprint density at radius 2 is 2.00 bits per heavy atom. The van der Waals surface area contributed by atoms with E-state index in [1.54, 1.807) is 11.9 Å². The first kappa shape index (κ1) is 18.7. The molecule has 1 fully saturated rings. The number of urea groups is 1. The molecule has 2 aromatic rings. The second kappa shape index (κ2) is 7.40. The van der Waals surface area contributed by atoms with Gasteiger partial charge in [-0.1, -0.05) is 30.3 Å². The van der Waals surface area contributed by atoms with Crippen molar-refractivity contribution >= 4 is 43.4 Å². The van der Waals surface area contributed by atoms with Crippen LogP contribution in [0.4, 0.5) is 4.79 Å². The minimum absolute atomic E-state index is 0.0584. The van der Waals surface area contributed by atoms with Crippen molar-refractivity contribution in [1.82, 2.24) is 15.1 Å². The van der Waals surface area contributed by atoms with Crippen LogP contribution < -0.4 is 10.1 Å². The van der Waals surface area contributed by atoms with Crippen LogP contribution in [-0.4, -0.2) is 70.1 Å². The monoisotopic (exact) mass is 446 g/mol. The van der Waals surface area contributed by atoms with E-state index in [2.05, 4.69) is 26.2 Å². The molecule has 2 aliphatic rings. The van der Waals surface area contributed by atoms with E-state index >= 15 is 0 Å². The van der Waals surface area contributed by atoms with Crippen LogP contribution in [0.15, 0.2) is 47.5 Å². The van der Waals surface area contributed by atoms with Gasteiger partial charge in [-0.2, -0.15) is 0 Å². The first-order valence-corrected chi connectivity index (χ1v) is 9.60. The van der Waals surface area contributed by atoms with E-state index in [4.69, 9.17) is 4.74 Å². The van der Waals surface area contributed by atoms with Gasteiger partial charge >= 0.3 is 6.03 Å². The number of aliphatic hydroxyl groups is 1. The summed E-state index contributed by atoms with van der Waals surface area (Å²) in [4.78, 5) is 31.4. The van der Waals surface area contributed by atoms with E-state index in [-0.39, 0.29) is 13.2 Å². The van der Waals surface area contributed by atoms with Crippen molar-refractivity contribution in [2.75, 3.05) is 20.2 Å². The van der Waals surface area contributed by atoms with Crippen molar-refractivity contribution in [1.29, 1.82) is 0 Å². The Morgan fingerprint density at radius 3 is 2.79 bits per heavy atom. The molecule has 0 saturated carbocycles. The van der Waals surface area contributed by atoms with Gasteiger partial charge in [0.15, 0.2) is 17.0 Å². The number of amides is 3. The van der Waals surface area contributed by atoms with Gasteiger partial charge in [-0.3, -0.25) is 10.1 Å². The highest BCUT2D eigenvalue weighted by Gasteiger charge is 2.48. The van der Waals surface area contributed by atoms with Gasteiger partial charge in [-0.15, -0.1) is 0 Å². The van der Waals surface area contributed by atoms with Crippen molar-refractivity contribution in [3.05, 3.63) is 42.5 Å². The lowest BCUT2D eigenvalue weighted by Gasteiger charge is -2.36. The molecule has 2 aliphatic heterocycles. The Labute approximate surface area is 169 Å². The first-order valence-electron chi connectivity index (χ1n) is 8.81. The number of carbonyl (C=O) groups excluding carboxylic acids is 2. The molecule has 0 spiro atoms. The second-order valence-corrected chi connectivity index (χ2v) is 7.50. The topological polar surface area (TPSA) is 94.5 Å². The van der Waals surface area contributed by atoms with Crippen molar-refractivity contribution in [3.8, 4) is 5.75 Å². The third-order valence-corrected chi connectivity index (χ3v) is 5.54. The van der Waals surface area contributed by atoms with Crippen LogP contribution in [0.1, 0.15) is 0 Å². The molecular formula is C19H19BrN4O4. The van der Waals surface area contributed by atoms with Crippen LogP contribution in [0.2, 0.25) is 0 Å². The molecule has 3 unspecified atom stereocenters. The number of likely N-dealkylation sites (N-methyl/N-ethyl adjacent to an activating group) is 1. The summed E-state index contributed by atoms with van der Waals surface area (Å²) in [5.41, 5.74) is 0. The van der Waals surface area contributed by atoms with E-state index in [9.17, 15) is 14.7 Å². The molecule has 2 N–H and O–H groups in total. The molecule has 0 aliphatic carbocycles. The molecule has 4 rings (SSSR count). The fourth-order valence-electron chi connectivity index (χ4n) is 3.41. The number of hydrogen-bond acceptors (Lipinski definition) is 6. The molecule has 28 heavy (non-hydrogen) atoms. The maximum Gasteiger partial charge on any atom is 0.325 e. The zero-order valence-corrected chi connectivity index (χ0v) is 16.7. The maximum atomic E-state index is 12.3. The molecule has 3 atom stereocenters. The Morgan fingerprint density at radius 1 is 1.25 bits per heavy atom. The largest absolute Gasteiger partial charge is 0.491 e. The molecule has 9 heteroatoms. The molecule has 146 valence electrons. The summed E-state index contributed by atoms with van der Waals surface area (Å²) in [6.45, 7) is 0.192. The van der Waals surface area contributed by atoms with Crippen LogP contribution in [0, 0.1) is 0 Å². The lowest BCUT2D eigenvalue weighted by molar-refractivity contribution is -0.127. The Balaban J connectivity index is 1.40. The molecule has 1 saturated heterocycles. The van der Waals surface area contributed by atoms with Gasteiger partial charge < -0.3 is 19.6 Å². The van der Waals surface area contributed by atoms with Gasteiger partial charge in [-0.05, 0) is 38.8 Å². The number of imide groups is 1. The van der Waals surface area contributed by atoms with Crippen LogP contribution in [0.5, 0.6) is 5.75 Å². The number of ether oxygens (including phenoxy) is 1. The van der Waals surface area contributed by atoms with Gasteiger partial charge in [0.1, 0.15) is 18.5 Å². The van der Waals surface area contributed by atoms with Gasteiger partial charge in [-0.25, -0.2) is 9.79 Å². The van der Waals surface area contributed by atoms with E-state index in [1.807, 2.05) is 42.5 Å². The summed E-state index contributed by atoms with van der Waals surface area (Å²) in [5, 5.41) is 14.9. The van der Waals surface area contributed by atoms with E-state index in [0.29, 0.717) is 10.5 Å². The van der Waals surface area contributed by atoms with Crippen LogP contribution in [-0.2, 0) is 4.79 Å². The minimum Gasteiger partial charge on any atom is -0.491 e. The van der Waals surface area contributed by atoms with Crippen molar-refractivity contribution in [2.24, 2.45) is 4.99 Å². The molecule has 0 aromatic heterocycles. The van der Waals surface area contributed by atoms with Crippen molar-refractivity contribution in [2.45, 2.75) is 18.3 Å². The SMILES string of the molecule is CN1C(=O)NC(=O)C2C1N=C(Br)N2CC(O)COc1ccc2ccccc2c1. The number of amidine groups is 1. The van der Waals surface area contributed by atoms with Crippen LogP contribution in [0.25, 0.3) is 10.8 Å². The third-order valence-electron chi connectivity index (χ3n) is 4.88. The molecule has 2 aromatic carbocycles. The van der Waals surface area contributed by atoms with Gasteiger partial charge in [0, 0.05) is 7.05 Å². The van der Waals surface area contributed by atoms with E-state index < -0.39 is 30.2 Å². The number of aliphatic imine (C=N–C) groups is 1. The quantitative estimate of drug-likeness (QED) is 0.679. The number of aliphatic hydroxyl groups excluding tert-OH is 1. The van der Waals surface area contributed by atoms with Crippen LogP contribution in [0.3, 0.4) is 0 Å². The molecular weight excluding hydrogens is 428 g/mol. The Bertz CT molecular complexity index is 966. The lowest BCUT2D eigenvalue weighted by Crippen LogP contribution is -2.64. The van der Waals surface area contributed by atoms with Gasteiger partial charge in [0.05, 0.1) is 6.54 Å². The molecule has 0 bridgehead atoms. The van der Waals surface area contributed by atoms with Gasteiger partial charge in [0.2, 0.25) is 0 Å². The number of benzene rings is 2. The summed E-state index contributed by atoms with van der Waals surface area (Å²) in [6.07, 6.45) is -1.48. The zero-order chi connectivity index (χ0) is 19.8. The summed E-state index contributed by atoms with van der Waals surface area (Å²) < 4.78 is 6.15. The van der Waals surface area contributed by atoms with Gasteiger partial charge in [0.25, 0.3) is 5.91 Å². The smallest absolute Gasteiger partial charge is 0.325 e. The predicted octanol–water partition coefficient (Wildman–Crippen LogP) is 1.52. The fraction of sp³-hybridized carbons (Fsp3) is 0.316. The highest BCUT2D eigenvalue weighted by atomic mass is 79.9. The third kappa shape index (κ3) is 3.43. The minimum atomic E-state index is -0.858. The number of fused-ring (bicyclic) bond motifs is 2. The summed E-state index contributed by atoms with van der Waals surface area (Å²) in [6, 6.07) is 12.5. The van der Waals surface area contributed by atoms with E-state index in [1.165, 1.54) is 4.90 Å².